The Hall–Kier alpha value is -1.30. The Kier molecular flexibility index (Phi) is 7.78. The lowest BCUT2D eigenvalue weighted by Crippen LogP contribution is -2.39. The van der Waals surface area contributed by atoms with Crippen LogP contribution in [0.5, 0.6) is 0 Å². The molecule has 4 heteroatoms. The first-order valence-electron chi connectivity index (χ1n) is 10.3. The molecule has 156 valence electrons. The van der Waals surface area contributed by atoms with E-state index in [0.717, 1.165) is 0 Å². The average molecular weight is 570 g/mol. The summed E-state index contributed by atoms with van der Waals surface area (Å²) in [5, 5.41) is 5.52. The minimum Gasteiger partial charge on any atom is -0.0870 e. The summed E-state index contributed by atoms with van der Waals surface area (Å²) >= 11 is 8.51. The van der Waals surface area contributed by atoms with Crippen LogP contribution in [-0.2, 0) is 0 Å². The Morgan fingerprint density at radius 3 is 0.935 bits per heavy atom. The molecule has 0 saturated carbocycles. The van der Waals surface area contributed by atoms with E-state index in [0.29, 0.717) is 0 Å². The summed E-state index contributed by atoms with van der Waals surface area (Å²) in [6.45, 7) is 2.29. The molecule has 0 bridgehead atoms. The normalized spacial score (nSPS) is 12.8. The minimum absolute atomic E-state index is 0.191. The van der Waals surface area contributed by atoms with Crippen molar-refractivity contribution in [2.24, 2.45) is 0 Å². The first-order chi connectivity index (χ1) is 15.1. The average Bonchev–Trinajstić information content (AvgIpc) is 2.82. The predicted octanol–water partition coefficient (Wildman–Crippen LogP) is 7.08. The lowest BCUT2D eigenvalue weighted by Gasteiger charge is -2.45. The summed E-state index contributed by atoms with van der Waals surface area (Å²) in [4.78, 5) is 0.234. The Morgan fingerprint density at radius 2 is 0.742 bits per heavy atom. The van der Waals surface area contributed by atoms with E-state index in [1.807, 2.05) is 0 Å². The molecule has 0 amide bonds. The van der Waals surface area contributed by atoms with Crippen molar-refractivity contribution >= 4 is 68.9 Å². The van der Waals surface area contributed by atoms with Crippen LogP contribution in [0.3, 0.4) is 0 Å². The molecule has 0 aliphatic rings. The fraction of sp³-hybridized carbons (Fsp3) is 0.111. The molecule has 0 heterocycles. The predicted molar refractivity (Wildman–Crippen MR) is 148 cm³/mol. The SMILES string of the molecule is CC(Br)C(Br)(P(c1ccccc1)c1ccccc1)P(c1ccccc1)c1ccccc1. The highest BCUT2D eigenvalue weighted by Gasteiger charge is 2.49. The van der Waals surface area contributed by atoms with E-state index in [1.54, 1.807) is 0 Å². The minimum atomic E-state index is -0.724. The smallest absolute Gasteiger partial charge is 0.0870 e. The van der Waals surface area contributed by atoms with Gasteiger partial charge < -0.3 is 0 Å². The van der Waals surface area contributed by atoms with E-state index in [1.165, 1.54) is 21.2 Å². The molecule has 4 aromatic rings. The zero-order valence-electron chi connectivity index (χ0n) is 17.3. The third kappa shape index (κ3) is 4.89. The molecule has 0 aromatic heterocycles. The standard InChI is InChI=1S/C27H24Br2P2/c1-22(28)27(29,30(23-14-6-2-7-15-23)24-16-8-3-9-17-24)31(25-18-10-4-11-19-25)26-20-12-5-13-21-26/h2-22H,1H3. The summed E-state index contributed by atoms with van der Waals surface area (Å²) in [5.74, 6) is 0. The van der Waals surface area contributed by atoms with Crippen molar-refractivity contribution in [1.82, 2.24) is 0 Å². The van der Waals surface area contributed by atoms with E-state index in [-0.39, 0.29) is 8.63 Å². The van der Waals surface area contributed by atoms with Crippen LogP contribution in [0.25, 0.3) is 0 Å². The molecule has 4 rings (SSSR count). The largest absolute Gasteiger partial charge is 0.0931 e. The second-order valence-corrected chi connectivity index (χ2v) is 16.3. The van der Waals surface area contributed by atoms with E-state index >= 15 is 0 Å². The highest BCUT2D eigenvalue weighted by Crippen LogP contribution is 2.71. The van der Waals surface area contributed by atoms with Crippen LogP contribution in [-0.4, -0.2) is 8.63 Å². The molecule has 0 nitrogen and oxygen atoms in total. The molecular weight excluding hydrogens is 546 g/mol. The van der Waals surface area contributed by atoms with Crippen LogP contribution in [0.15, 0.2) is 121 Å². The van der Waals surface area contributed by atoms with Crippen molar-refractivity contribution in [3.63, 3.8) is 0 Å². The van der Waals surface area contributed by atoms with Gasteiger partial charge in [0.15, 0.2) is 0 Å². The molecule has 0 radical (unpaired) electrons. The maximum atomic E-state index is 4.44. The molecule has 1 atom stereocenters. The molecule has 0 fully saturated rings. The fourth-order valence-corrected chi connectivity index (χ4v) is 14.3. The number of hydrogen-bond donors (Lipinski definition) is 0. The van der Waals surface area contributed by atoms with Crippen LogP contribution in [0, 0.1) is 0 Å². The Morgan fingerprint density at radius 1 is 0.516 bits per heavy atom. The second kappa shape index (κ2) is 10.5. The third-order valence-corrected chi connectivity index (χ3v) is 16.5. The fourth-order valence-electron chi connectivity index (χ4n) is 3.79. The third-order valence-electron chi connectivity index (χ3n) is 5.19. The summed E-state index contributed by atoms with van der Waals surface area (Å²) in [7, 11) is -1.45. The monoisotopic (exact) mass is 568 g/mol. The van der Waals surface area contributed by atoms with Crippen molar-refractivity contribution in [3.05, 3.63) is 121 Å². The molecule has 0 N–H and O–H groups in total. The van der Waals surface area contributed by atoms with Gasteiger partial charge in [0, 0.05) is 4.83 Å². The molecule has 0 saturated heterocycles. The lowest BCUT2D eigenvalue weighted by molar-refractivity contribution is 1.05. The van der Waals surface area contributed by atoms with Crippen LogP contribution in [0.1, 0.15) is 6.92 Å². The van der Waals surface area contributed by atoms with Crippen LogP contribution < -0.4 is 21.2 Å². The zero-order chi connectivity index (χ0) is 21.7. The zero-order valence-corrected chi connectivity index (χ0v) is 22.2. The first kappa shape index (κ1) is 22.9. The van der Waals surface area contributed by atoms with E-state index in [4.69, 9.17) is 0 Å². The summed E-state index contributed by atoms with van der Waals surface area (Å²) in [6, 6.07) is 44.0. The Bertz CT molecular complexity index is 909. The maximum Gasteiger partial charge on any atom is 0.0931 e. The lowest BCUT2D eigenvalue weighted by atomic mass is 10.4. The van der Waals surface area contributed by atoms with Crippen molar-refractivity contribution in [2.45, 2.75) is 15.6 Å². The van der Waals surface area contributed by atoms with Gasteiger partial charge in [0.1, 0.15) is 0 Å². The number of alkyl halides is 2. The van der Waals surface area contributed by atoms with Crippen molar-refractivity contribution in [2.75, 3.05) is 0 Å². The van der Waals surface area contributed by atoms with Crippen LogP contribution >= 0.6 is 47.7 Å². The quantitative estimate of drug-likeness (QED) is 0.165. The Labute approximate surface area is 204 Å². The first-order valence-corrected chi connectivity index (χ1v) is 14.6. The number of benzene rings is 4. The summed E-state index contributed by atoms with van der Waals surface area (Å²) in [6.07, 6.45) is 0. The molecule has 0 aliphatic carbocycles. The topological polar surface area (TPSA) is 0 Å². The van der Waals surface area contributed by atoms with Gasteiger partial charge in [-0.25, -0.2) is 0 Å². The molecule has 1 unspecified atom stereocenters. The van der Waals surface area contributed by atoms with Gasteiger partial charge in [-0.1, -0.05) is 160 Å². The van der Waals surface area contributed by atoms with Gasteiger partial charge in [0.2, 0.25) is 0 Å². The highest BCUT2D eigenvalue weighted by atomic mass is 79.9. The van der Waals surface area contributed by atoms with Gasteiger partial charge in [-0.3, -0.25) is 0 Å². The molecule has 0 spiro atoms. The summed E-state index contributed by atoms with van der Waals surface area (Å²) < 4.78 is -0.191. The van der Waals surface area contributed by atoms with Crippen LogP contribution in [0.2, 0.25) is 0 Å². The molecule has 0 aliphatic heterocycles. The molecule has 31 heavy (non-hydrogen) atoms. The summed E-state index contributed by atoms with van der Waals surface area (Å²) in [5.41, 5.74) is 0. The van der Waals surface area contributed by atoms with Crippen molar-refractivity contribution in [1.29, 1.82) is 0 Å². The van der Waals surface area contributed by atoms with Crippen molar-refractivity contribution in [3.8, 4) is 0 Å². The van der Waals surface area contributed by atoms with Gasteiger partial charge >= 0.3 is 0 Å². The molecule has 4 aromatic carbocycles. The molecular formula is C27H24Br2P2. The van der Waals surface area contributed by atoms with Crippen molar-refractivity contribution < 1.29 is 0 Å². The maximum absolute atomic E-state index is 4.44. The highest BCUT2D eigenvalue weighted by molar-refractivity contribution is 9.14. The van der Waals surface area contributed by atoms with Gasteiger partial charge in [-0.05, 0) is 37.1 Å². The van der Waals surface area contributed by atoms with Gasteiger partial charge in [0.25, 0.3) is 0 Å². The van der Waals surface area contributed by atoms with Gasteiger partial charge in [-0.15, -0.1) is 0 Å². The van der Waals surface area contributed by atoms with E-state index in [2.05, 4.69) is 160 Å². The number of rotatable bonds is 7. The number of hydrogen-bond acceptors (Lipinski definition) is 0. The van der Waals surface area contributed by atoms with E-state index < -0.39 is 15.8 Å². The second-order valence-electron chi connectivity index (χ2n) is 7.27. The Balaban J connectivity index is 2.00. The van der Waals surface area contributed by atoms with Gasteiger partial charge in [-0.2, -0.15) is 0 Å². The van der Waals surface area contributed by atoms with Gasteiger partial charge in [0.05, 0.1) is 3.81 Å². The van der Waals surface area contributed by atoms with Crippen LogP contribution in [0.4, 0.5) is 0 Å². The number of halogens is 2. The van der Waals surface area contributed by atoms with E-state index in [9.17, 15) is 0 Å².